The van der Waals surface area contributed by atoms with E-state index in [2.05, 4.69) is 0 Å². The van der Waals surface area contributed by atoms with Crippen molar-refractivity contribution >= 4 is 5.69 Å². The summed E-state index contributed by atoms with van der Waals surface area (Å²) in [6.07, 6.45) is -6.51. The van der Waals surface area contributed by atoms with Crippen molar-refractivity contribution in [2.24, 2.45) is 0 Å². The molecule has 0 saturated carbocycles. The number of nitrogens with zero attached hydrogens (tertiary/aromatic N) is 1. The van der Waals surface area contributed by atoms with Gasteiger partial charge >= 0.3 is 6.18 Å². The Labute approximate surface area is 109 Å². The van der Waals surface area contributed by atoms with Gasteiger partial charge in [-0.2, -0.15) is 13.2 Å². The highest BCUT2D eigenvalue weighted by Crippen LogP contribution is 2.37. The van der Waals surface area contributed by atoms with Crippen molar-refractivity contribution in [3.63, 3.8) is 0 Å². The van der Waals surface area contributed by atoms with E-state index in [0.717, 1.165) is 5.69 Å². The summed E-state index contributed by atoms with van der Waals surface area (Å²) in [5, 5.41) is 0. The fourth-order valence-electron chi connectivity index (χ4n) is 1.69. The molecule has 1 aliphatic rings. The summed E-state index contributed by atoms with van der Waals surface area (Å²) in [5.41, 5.74) is 0.953. The molecule has 0 aromatic heterocycles. The van der Waals surface area contributed by atoms with Crippen molar-refractivity contribution in [1.29, 1.82) is 0 Å². The molecule has 1 saturated heterocycles. The van der Waals surface area contributed by atoms with Crippen molar-refractivity contribution in [3.05, 3.63) is 29.8 Å². The van der Waals surface area contributed by atoms with Crippen LogP contribution in [0.3, 0.4) is 0 Å². The minimum atomic E-state index is -4.42. The molecule has 0 N–H and O–H groups in total. The third-order valence-electron chi connectivity index (χ3n) is 2.86. The fraction of sp³-hybridized carbons (Fsp3) is 0.538. The molecule has 0 aliphatic carbocycles. The number of anilines is 1. The topological polar surface area (TPSA) is 25.0 Å². The number of alkyl halides is 3. The van der Waals surface area contributed by atoms with Crippen molar-refractivity contribution < 1.29 is 22.6 Å². The summed E-state index contributed by atoms with van der Waals surface area (Å²) in [4.78, 5) is 1.82. The van der Waals surface area contributed by atoms with Gasteiger partial charge < -0.3 is 14.4 Å². The first-order valence-corrected chi connectivity index (χ1v) is 5.95. The van der Waals surface area contributed by atoms with E-state index < -0.39 is 12.3 Å². The first-order chi connectivity index (χ1) is 8.88. The average Bonchev–Trinajstić information content (AvgIpc) is 3.12. The Balaban J connectivity index is 2.11. The molecule has 0 radical (unpaired) electrons. The molecule has 6 heteroatoms. The van der Waals surface area contributed by atoms with Gasteiger partial charge in [-0.3, -0.25) is 0 Å². The van der Waals surface area contributed by atoms with Gasteiger partial charge in [0.05, 0.1) is 13.2 Å². The van der Waals surface area contributed by atoms with Gasteiger partial charge in [-0.05, 0) is 17.7 Å². The lowest BCUT2D eigenvalue weighted by Crippen LogP contribution is -2.25. The Morgan fingerprint density at radius 3 is 2.32 bits per heavy atom. The summed E-state index contributed by atoms with van der Waals surface area (Å²) >= 11 is 0. The number of epoxide rings is 1. The second-order valence-corrected chi connectivity index (χ2v) is 4.70. The van der Waals surface area contributed by atoms with Gasteiger partial charge in [0, 0.05) is 19.8 Å². The van der Waals surface area contributed by atoms with Gasteiger partial charge in [-0.1, -0.05) is 12.1 Å². The highest BCUT2D eigenvalue weighted by atomic mass is 19.4. The molecule has 3 nitrogen and oxygen atoms in total. The SMILES string of the molecule is CN(C)c1ccc([C@@H](OC[C@H]2CO2)C(F)(F)F)cc1. The molecule has 0 unspecified atom stereocenters. The van der Waals surface area contributed by atoms with E-state index in [4.69, 9.17) is 9.47 Å². The predicted molar refractivity (Wildman–Crippen MR) is 65.3 cm³/mol. The first-order valence-electron chi connectivity index (χ1n) is 5.95. The number of rotatable bonds is 5. The third-order valence-corrected chi connectivity index (χ3v) is 2.86. The van der Waals surface area contributed by atoms with Crippen LogP contribution in [-0.2, 0) is 9.47 Å². The van der Waals surface area contributed by atoms with E-state index in [-0.39, 0.29) is 18.3 Å². The van der Waals surface area contributed by atoms with Crippen LogP contribution in [0.25, 0.3) is 0 Å². The molecular formula is C13H16F3NO2. The molecule has 1 aromatic carbocycles. The van der Waals surface area contributed by atoms with Crippen LogP contribution < -0.4 is 4.90 Å². The number of hydrogen-bond acceptors (Lipinski definition) is 3. The summed E-state index contributed by atoms with van der Waals surface area (Å²) < 4.78 is 48.7. The number of ether oxygens (including phenoxy) is 2. The molecule has 1 fully saturated rings. The predicted octanol–water partition coefficient (Wildman–Crippen LogP) is 2.77. The maximum absolute atomic E-state index is 13.0. The van der Waals surface area contributed by atoms with Crippen molar-refractivity contribution in [2.75, 3.05) is 32.2 Å². The second kappa shape index (κ2) is 5.38. The number of halogens is 3. The van der Waals surface area contributed by atoms with E-state index in [1.54, 1.807) is 12.1 Å². The molecule has 19 heavy (non-hydrogen) atoms. The Kier molecular flexibility index (Phi) is 4.01. The molecule has 2 rings (SSSR count). The van der Waals surface area contributed by atoms with Crippen LogP contribution in [0.15, 0.2) is 24.3 Å². The molecule has 1 aliphatic heterocycles. The molecular weight excluding hydrogens is 259 g/mol. The maximum Gasteiger partial charge on any atom is 0.418 e. The van der Waals surface area contributed by atoms with Gasteiger partial charge in [0.2, 0.25) is 0 Å². The van der Waals surface area contributed by atoms with Crippen LogP contribution >= 0.6 is 0 Å². The Morgan fingerprint density at radius 2 is 1.89 bits per heavy atom. The Morgan fingerprint density at radius 1 is 1.32 bits per heavy atom. The molecule has 0 amide bonds. The zero-order chi connectivity index (χ0) is 14.0. The van der Waals surface area contributed by atoms with Gasteiger partial charge in [-0.15, -0.1) is 0 Å². The first kappa shape index (κ1) is 14.1. The number of benzene rings is 1. The lowest BCUT2D eigenvalue weighted by molar-refractivity contribution is -0.224. The van der Waals surface area contributed by atoms with Gasteiger partial charge in [-0.25, -0.2) is 0 Å². The zero-order valence-corrected chi connectivity index (χ0v) is 10.8. The second-order valence-electron chi connectivity index (χ2n) is 4.70. The summed E-state index contributed by atoms with van der Waals surface area (Å²) in [6.45, 7) is 0.448. The maximum atomic E-state index is 13.0. The van der Waals surface area contributed by atoms with Crippen molar-refractivity contribution in [3.8, 4) is 0 Å². The lowest BCUT2D eigenvalue weighted by Gasteiger charge is -2.22. The molecule has 1 heterocycles. The largest absolute Gasteiger partial charge is 0.418 e. The van der Waals surface area contributed by atoms with Gasteiger partial charge in [0.15, 0.2) is 6.10 Å². The summed E-state index contributed by atoms with van der Waals surface area (Å²) in [7, 11) is 3.66. The zero-order valence-electron chi connectivity index (χ0n) is 10.8. The normalized spacial score (nSPS) is 20.2. The molecule has 0 spiro atoms. The molecule has 1 aromatic rings. The standard InChI is InChI=1S/C13H16F3NO2/c1-17(2)10-5-3-9(4-6-10)12(13(14,15)16)19-8-11-7-18-11/h3-6,11-12H,7-8H2,1-2H3/t11-,12-/m1/s1. The van der Waals surface area contributed by atoms with Crippen molar-refractivity contribution in [2.45, 2.75) is 18.4 Å². The van der Waals surface area contributed by atoms with E-state index in [9.17, 15) is 13.2 Å². The lowest BCUT2D eigenvalue weighted by atomic mass is 10.1. The van der Waals surface area contributed by atoms with Crippen LogP contribution in [0.5, 0.6) is 0 Å². The van der Waals surface area contributed by atoms with Crippen LogP contribution in [0.4, 0.5) is 18.9 Å². The van der Waals surface area contributed by atoms with E-state index in [0.29, 0.717) is 6.61 Å². The third kappa shape index (κ3) is 3.84. The quantitative estimate of drug-likeness (QED) is 0.772. The highest BCUT2D eigenvalue weighted by Gasteiger charge is 2.43. The summed E-state index contributed by atoms with van der Waals surface area (Å²) in [6, 6.07) is 6.18. The number of hydrogen-bond donors (Lipinski definition) is 0. The summed E-state index contributed by atoms with van der Waals surface area (Å²) in [5.74, 6) is 0. The van der Waals surface area contributed by atoms with Gasteiger partial charge in [0.25, 0.3) is 0 Å². The highest BCUT2D eigenvalue weighted by molar-refractivity contribution is 5.46. The van der Waals surface area contributed by atoms with Crippen LogP contribution in [0.1, 0.15) is 11.7 Å². The Hall–Kier alpha value is -1.27. The van der Waals surface area contributed by atoms with Crippen LogP contribution in [0, 0.1) is 0 Å². The smallest absolute Gasteiger partial charge is 0.378 e. The van der Waals surface area contributed by atoms with E-state index >= 15 is 0 Å². The van der Waals surface area contributed by atoms with Crippen LogP contribution in [-0.4, -0.2) is 39.6 Å². The Bertz CT molecular complexity index is 413. The van der Waals surface area contributed by atoms with Crippen LogP contribution in [0.2, 0.25) is 0 Å². The average molecular weight is 275 g/mol. The molecule has 0 bridgehead atoms. The fourth-order valence-corrected chi connectivity index (χ4v) is 1.69. The van der Waals surface area contributed by atoms with Gasteiger partial charge in [0.1, 0.15) is 6.10 Å². The molecule has 2 atom stereocenters. The van der Waals surface area contributed by atoms with E-state index in [1.165, 1.54) is 12.1 Å². The van der Waals surface area contributed by atoms with Crippen molar-refractivity contribution in [1.82, 2.24) is 0 Å². The minimum absolute atomic E-state index is 0.0282. The molecule has 106 valence electrons. The van der Waals surface area contributed by atoms with E-state index in [1.807, 2.05) is 19.0 Å². The monoisotopic (exact) mass is 275 g/mol. The minimum Gasteiger partial charge on any atom is -0.378 e.